The Balaban J connectivity index is 2.18. The molecule has 0 amide bonds. The SMILES string of the molecule is O=C1C[C@]23C=CC[C@@]2(C1)C(=O)CC3. The predicted molar refractivity (Wildman–Crippen MR) is 47.1 cm³/mol. The molecule has 13 heavy (non-hydrogen) atoms. The van der Waals surface area contributed by atoms with Crippen molar-refractivity contribution in [3.8, 4) is 0 Å². The maximum atomic E-state index is 11.8. The third kappa shape index (κ3) is 0.630. The van der Waals surface area contributed by atoms with Crippen LogP contribution in [0.25, 0.3) is 0 Å². The van der Waals surface area contributed by atoms with Crippen LogP contribution >= 0.6 is 0 Å². The molecule has 0 aromatic heterocycles. The lowest BCUT2D eigenvalue weighted by Gasteiger charge is -2.30. The maximum absolute atomic E-state index is 11.8. The Labute approximate surface area is 77.0 Å². The molecule has 2 fully saturated rings. The summed E-state index contributed by atoms with van der Waals surface area (Å²) < 4.78 is 0. The molecule has 0 radical (unpaired) electrons. The number of Topliss-reactive ketones (excluding diaryl/α,β-unsaturated/α-hetero) is 2. The Kier molecular flexibility index (Phi) is 1.12. The van der Waals surface area contributed by atoms with E-state index in [0.29, 0.717) is 25.0 Å². The minimum Gasteiger partial charge on any atom is -0.300 e. The molecule has 0 heterocycles. The molecule has 0 aliphatic heterocycles. The molecular formula is C11H12O2. The molecular weight excluding hydrogens is 164 g/mol. The first-order valence-corrected chi connectivity index (χ1v) is 4.91. The smallest absolute Gasteiger partial charge is 0.140 e. The van der Waals surface area contributed by atoms with Crippen molar-refractivity contribution in [3.63, 3.8) is 0 Å². The summed E-state index contributed by atoms with van der Waals surface area (Å²) in [5.41, 5.74) is -0.314. The van der Waals surface area contributed by atoms with Crippen molar-refractivity contribution in [3.05, 3.63) is 12.2 Å². The fourth-order valence-corrected chi connectivity index (χ4v) is 3.55. The van der Waals surface area contributed by atoms with Gasteiger partial charge in [-0.25, -0.2) is 0 Å². The number of ketones is 2. The van der Waals surface area contributed by atoms with Crippen LogP contribution in [0.3, 0.4) is 0 Å². The summed E-state index contributed by atoms with van der Waals surface area (Å²) in [6, 6.07) is 0. The zero-order chi connectivity index (χ0) is 9.10. The van der Waals surface area contributed by atoms with E-state index >= 15 is 0 Å². The Bertz CT molecular complexity index is 342. The van der Waals surface area contributed by atoms with Gasteiger partial charge in [-0.3, -0.25) is 9.59 Å². The van der Waals surface area contributed by atoms with Gasteiger partial charge in [-0.05, 0) is 12.8 Å². The number of carbonyl (C=O) groups is 2. The topological polar surface area (TPSA) is 34.1 Å². The molecule has 2 nitrogen and oxygen atoms in total. The highest BCUT2D eigenvalue weighted by Crippen LogP contribution is 2.65. The van der Waals surface area contributed by atoms with E-state index in [2.05, 4.69) is 12.2 Å². The molecule has 68 valence electrons. The third-order valence-electron chi connectivity index (χ3n) is 4.20. The van der Waals surface area contributed by atoms with Gasteiger partial charge in [0.05, 0.1) is 0 Å². The van der Waals surface area contributed by atoms with Crippen LogP contribution in [0.1, 0.15) is 32.1 Å². The van der Waals surface area contributed by atoms with Gasteiger partial charge in [0.1, 0.15) is 11.6 Å². The molecule has 2 heteroatoms. The minimum absolute atomic E-state index is 0.0405. The van der Waals surface area contributed by atoms with E-state index in [-0.39, 0.29) is 16.6 Å². The standard InChI is InChI=1S/C11H12O2/c12-8-6-10-3-1-4-11(10,7-8)9(13)2-5-10/h1,3H,2,4-7H2/t10-,11-/m1/s1. The summed E-state index contributed by atoms with van der Waals surface area (Å²) in [5.74, 6) is 0.626. The molecule has 0 N–H and O–H groups in total. The monoisotopic (exact) mass is 176 g/mol. The highest BCUT2D eigenvalue weighted by Gasteiger charge is 2.65. The fraction of sp³-hybridized carbons (Fsp3) is 0.636. The number of allylic oxidation sites excluding steroid dienone is 2. The molecule has 3 rings (SSSR count). The van der Waals surface area contributed by atoms with Crippen LogP contribution in [0.4, 0.5) is 0 Å². The van der Waals surface area contributed by atoms with Crippen molar-refractivity contribution in [2.45, 2.75) is 32.1 Å². The highest BCUT2D eigenvalue weighted by molar-refractivity contribution is 5.99. The van der Waals surface area contributed by atoms with Crippen LogP contribution in [0.15, 0.2) is 12.2 Å². The van der Waals surface area contributed by atoms with Crippen molar-refractivity contribution in [2.75, 3.05) is 0 Å². The normalized spacial score (nSPS) is 47.1. The van der Waals surface area contributed by atoms with Crippen molar-refractivity contribution in [1.29, 1.82) is 0 Å². The molecule has 0 bridgehead atoms. The summed E-state index contributed by atoms with van der Waals surface area (Å²) in [6.45, 7) is 0. The second-order valence-corrected chi connectivity index (χ2v) is 4.66. The average Bonchev–Trinajstić information content (AvgIpc) is 2.58. The lowest BCUT2D eigenvalue weighted by Crippen LogP contribution is -2.32. The predicted octanol–water partition coefficient (Wildman–Crippen LogP) is 1.64. The number of hydrogen-bond donors (Lipinski definition) is 0. The molecule has 3 aliphatic rings. The summed E-state index contributed by atoms with van der Waals surface area (Å²) in [5, 5.41) is 0. The minimum atomic E-state index is -0.274. The Morgan fingerprint density at radius 3 is 2.85 bits per heavy atom. The molecule has 2 saturated carbocycles. The molecule has 0 saturated heterocycles. The Morgan fingerprint density at radius 2 is 2.08 bits per heavy atom. The van der Waals surface area contributed by atoms with Crippen LogP contribution < -0.4 is 0 Å². The first kappa shape index (κ1) is 7.48. The summed E-state index contributed by atoms with van der Waals surface area (Å²) in [7, 11) is 0. The first-order chi connectivity index (χ1) is 6.19. The molecule has 0 aromatic carbocycles. The largest absolute Gasteiger partial charge is 0.300 e. The summed E-state index contributed by atoms with van der Waals surface area (Å²) in [4.78, 5) is 23.2. The van der Waals surface area contributed by atoms with E-state index in [1.165, 1.54) is 0 Å². The highest BCUT2D eigenvalue weighted by atomic mass is 16.1. The van der Waals surface area contributed by atoms with Crippen LogP contribution in [0.2, 0.25) is 0 Å². The van der Waals surface area contributed by atoms with Crippen LogP contribution in [-0.2, 0) is 9.59 Å². The second kappa shape index (κ2) is 1.94. The van der Waals surface area contributed by atoms with Crippen LogP contribution in [0.5, 0.6) is 0 Å². The lowest BCUT2D eigenvalue weighted by atomic mass is 9.70. The third-order valence-corrected chi connectivity index (χ3v) is 4.20. The van der Waals surface area contributed by atoms with E-state index in [0.717, 1.165) is 12.8 Å². The number of rotatable bonds is 0. The van der Waals surface area contributed by atoms with E-state index in [9.17, 15) is 9.59 Å². The van der Waals surface area contributed by atoms with Gasteiger partial charge >= 0.3 is 0 Å². The van der Waals surface area contributed by atoms with Crippen LogP contribution in [0, 0.1) is 10.8 Å². The quantitative estimate of drug-likeness (QED) is 0.526. The van der Waals surface area contributed by atoms with Gasteiger partial charge in [0.15, 0.2) is 0 Å². The summed E-state index contributed by atoms with van der Waals surface area (Å²) >= 11 is 0. The molecule has 0 spiro atoms. The van der Waals surface area contributed by atoms with Crippen molar-refractivity contribution >= 4 is 11.6 Å². The van der Waals surface area contributed by atoms with Gasteiger partial charge in [-0.15, -0.1) is 0 Å². The average molecular weight is 176 g/mol. The molecule has 0 aromatic rings. The second-order valence-electron chi connectivity index (χ2n) is 4.66. The van der Waals surface area contributed by atoms with Crippen molar-refractivity contribution < 1.29 is 9.59 Å². The van der Waals surface area contributed by atoms with Crippen molar-refractivity contribution in [2.24, 2.45) is 10.8 Å². The molecule has 0 unspecified atom stereocenters. The Hall–Kier alpha value is -0.920. The first-order valence-electron chi connectivity index (χ1n) is 4.91. The van der Waals surface area contributed by atoms with Gasteiger partial charge in [-0.1, -0.05) is 12.2 Å². The van der Waals surface area contributed by atoms with Crippen LogP contribution in [-0.4, -0.2) is 11.6 Å². The summed E-state index contributed by atoms with van der Waals surface area (Å²) in [6.07, 6.45) is 7.80. The zero-order valence-corrected chi connectivity index (χ0v) is 7.51. The van der Waals surface area contributed by atoms with Gasteiger partial charge in [-0.2, -0.15) is 0 Å². The number of hydrogen-bond acceptors (Lipinski definition) is 2. The zero-order valence-electron chi connectivity index (χ0n) is 7.51. The van der Waals surface area contributed by atoms with Gasteiger partial charge < -0.3 is 0 Å². The number of carbonyl (C=O) groups excluding carboxylic acids is 2. The van der Waals surface area contributed by atoms with E-state index in [1.807, 2.05) is 0 Å². The lowest BCUT2D eigenvalue weighted by molar-refractivity contribution is -0.129. The van der Waals surface area contributed by atoms with Gasteiger partial charge in [0, 0.05) is 30.1 Å². The fourth-order valence-electron chi connectivity index (χ4n) is 3.55. The maximum Gasteiger partial charge on any atom is 0.140 e. The Morgan fingerprint density at radius 1 is 1.23 bits per heavy atom. The molecule has 2 atom stereocenters. The van der Waals surface area contributed by atoms with Gasteiger partial charge in [0.25, 0.3) is 0 Å². The van der Waals surface area contributed by atoms with E-state index in [4.69, 9.17) is 0 Å². The van der Waals surface area contributed by atoms with Gasteiger partial charge in [0.2, 0.25) is 0 Å². The molecule has 3 aliphatic carbocycles. The van der Waals surface area contributed by atoms with E-state index in [1.54, 1.807) is 0 Å². The van der Waals surface area contributed by atoms with Crippen molar-refractivity contribution in [1.82, 2.24) is 0 Å². The van der Waals surface area contributed by atoms with E-state index < -0.39 is 0 Å².